The van der Waals surface area contributed by atoms with Crippen LogP contribution in [0.1, 0.15) is 18.4 Å². The van der Waals surface area contributed by atoms with Crippen molar-refractivity contribution >= 4 is 23.5 Å². The Hall–Kier alpha value is -2.37. The molecule has 0 bridgehead atoms. The summed E-state index contributed by atoms with van der Waals surface area (Å²) >= 11 is 0. The normalized spacial score (nSPS) is 14.8. The molecule has 0 aromatic heterocycles. The minimum atomic E-state index is -0.292. The van der Waals surface area contributed by atoms with Gasteiger partial charge in [-0.15, -0.1) is 0 Å². The van der Waals surface area contributed by atoms with Gasteiger partial charge in [-0.05, 0) is 25.0 Å². The number of para-hydroxylation sites is 1. The summed E-state index contributed by atoms with van der Waals surface area (Å²) in [6.07, 6.45) is 0.734. The van der Waals surface area contributed by atoms with Crippen LogP contribution in [0.25, 0.3) is 0 Å². The van der Waals surface area contributed by atoms with E-state index in [1.165, 1.54) is 9.80 Å². The van der Waals surface area contributed by atoms with Gasteiger partial charge in [-0.3, -0.25) is 14.5 Å². The molecule has 1 aromatic carbocycles. The van der Waals surface area contributed by atoms with Crippen molar-refractivity contribution < 1.29 is 14.4 Å². The van der Waals surface area contributed by atoms with E-state index in [9.17, 15) is 14.4 Å². The second kappa shape index (κ2) is 6.39. The standard InChI is InChI=1S/C15H19N3O3/c1-11-6-3-4-7-12(11)16-13(19)8-5-9-18-14(20)10-17(2)15(18)21/h3-4,6-7H,5,8-10H2,1-2H3,(H,16,19). The van der Waals surface area contributed by atoms with Crippen LogP contribution >= 0.6 is 0 Å². The molecule has 0 radical (unpaired) electrons. The molecule has 0 saturated carbocycles. The van der Waals surface area contributed by atoms with Crippen molar-refractivity contribution in [3.63, 3.8) is 0 Å². The van der Waals surface area contributed by atoms with E-state index >= 15 is 0 Å². The van der Waals surface area contributed by atoms with Crippen LogP contribution in [0.5, 0.6) is 0 Å². The van der Waals surface area contributed by atoms with Gasteiger partial charge >= 0.3 is 6.03 Å². The van der Waals surface area contributed by atoms with Gasteiger partial charge in [0.1, 0.15) is 6.54 Å². The Morgan fingerprint density at radius 3 is 2.62 bits per heavy atom. The van der Waals surface area contributed by atoms with Crippen LogP contribution in [0.4, 0.5) is 10.5 Å². The van der Waals surface area contributed by atoms with Crippen LogP contribution in [-0.4, -0.2) is 47.8 Å². The van der Waals surface area contributed by atoms with E-state index in [1.807, 2.05) is 31.2 Å². The predicted octanol–water partition coefficient (Wildman–Crippen LogP) is 1.61. The molecule has 1 aliphatic rings. The van der Waals surface area contributed by atoms with Crippen LogP contribution in [0.15, 0.2) is 24.3 Å². The average Bonchev–Trinajstić information content (AvgIpc) is 2.68. The number of urea groups is 1. The molecule has 1 fully saturated rings. The Balaban J connectivity index is 1.79. The molecule has 0 aliphatic carbocycles. The van der Waals surface area contributed by atoms with E-state index in [0.29, 0.717) is 6.42 Å². The minimum absolute atomic E-state index is 0.114. The monoisotopic (exact) mass is 289 g/mol. The second-order valence-corrected chi connectivity index (χ2v) is 5.15. The third kappa shape index (κ3) is 3.59. The Kier molecular flexibility index (Phi) is 4.57. The van der Waals surface area contributed by atoms with E-state index in [2.05, 4.69) is 5.32 Å². The van der Waals surface area contributed by atoms with E-state index < -0.39 is 0 Å². The lowest BCUT2D eigenvalue weighted by Gasteiger charge is -2.14. The largest absolute Gasteiger partial charge is 0.326 e. The maximum absolute atomic E-state index is 11.9. The van der Waals surface area contributed by atoms with Gasteiger partial charge in [-0.1, -0.05) is 18.2 Å². The first kappa shape index (κ1) is 15.0. The Morgan fingerprint density at radius 1 is 1.29 bits per heavy atom. The molecule has 1 N–H and O–H groups in total. The molecule has 0 spiro atoms. The van der Waals surface area contributed by atoms with Gasteiger partial charge in [0.05, 0.1) is 0 Å². The summed E-state index contributed by atoms with van der Waals surface area (Å²) in [4.78, 5) is 37.6. The number of likely N-dealkylation sites (N-methyl/N-ethyl adjacent to an activating group) is 1. The van der Waals surface area contributed by atoms with Crippen molar-refractivity contribution in [2.75, 3.05) is 25.5 Å². The molecule has 1 heterocycles. The molecule has 2 rings (SSSR count). The maximum atomic E-state index is 11.9. The first-order valence-corrected chi connectivity index (χ1v) is 6.90. The summed E-state index contributed by atoms with van der Waals surface area (Å²) in [5, 5.41) is 2.83. The SMILES string of the molecule is Cc1ccccc1NC(=O)CCCN1C(=O)CN(C)C1=O. The van der Waals surface area contributed by atoms with Gasteiger partial charge in [0, 0.05) is 25.7 Å². The fourth-order valence-corrected chi connectivity index (χ4v) is 2.21. The third-order valence-corrected chi connectivity index (χ3v) is 3.44. The number of hydrogen-bond donors (Lipinski definition) is 1. The molecule has 1 aliphatic heterocycles. The zero-order valence-electron chi connectivity index (χ0n) is 12.3. The van der Waals surface area contributed by atoms with Crippen molar-refractivity contribution in [2.24, 2.45) is 0 Å². The lowest BCUT2D eigenvalue weighted by Crippen LogP contribution is -2.32. The number of nitrogens with zero attached hydrogens (tertiary/aromatic N) is 2. The number of hydrogen-bond acceptors (Lipinski definition) is 3. The molecular weight excluding hydrogens is 270 g/mol. The number of carbonyl (C=O) groups is 3. The van der Waals surface area contributed by atoms with Crippen molar-refractivity contribution in [1.29, 1.82) is 0 Å². The number of benzene rings is 1. The fraction of sp³-hybridized carbons (Fsp3) is 0.400. The molecule has 1 aromatic rings. The quantitative estimate of drug-likeness (QED) is 0.837. The summed E-state index contributed by atoms with van der Waals surface area (Å²) in [6, 6.07) is 7.24. The lowest BCUT2D eigenvalue weighted by atomic mass is 10.2. The van der Waals surface area contributed by atoms with E-state index in [-0.39, 0.29) is 37.4 Å². The summed E-state index contributed by atoms with van der Waals surface area (Å²) in [5.41, 5.74) is 1.79. The number of imide groups is 1. The van der Waals surface area contributed by atoms with Crippen LogP contribution in [0.3, 0.4) is 0 Å². The summed E-state index contributed by atoms with van der Waals surface area (Å²) in [7, 11) is 1.59. The van der Waals surface area contributed by atoms with E-state index in [1.54, 1.807) is 7.05 Å². The molecule has 4 amide bonds. The van der Waals surface area contributed by atoms with E-state index in [0.717, 1.165) is 11.3 Å². The highest BCUT2D eigenvalue weighted by atomic mass is 16.2. The van der Waals surface area contributed by atoms with Crippen molar-refractivity contribution in [3.8, 4) is 0 Å². The molecule has 112 valence electrons. The zero-order valence-corrected chi connectivity index (χ0v) is 12.3. The van der Waals surface area contributed by atoms with Gasteiger partial charge in [0.15, 0.2) is 0 Å². The molecule has 21 heavy (non-hydrogen) atoms. The third-order valence-electron chi connectivity index (χ3n) is 3.44. The second-order valence-electron chi connectivity index (χ2n) is 5.15. The predicted molar refractivity (Wildman–Crippen MR) is 78.8 cm³/mol. The van der Waals surface area contributed by atoms with Crippen molar-refractivity contribution in [2.45, 2.75) is 19.8 Å². The van der Waals surface area contributed by atoms with Crippen LogP contribution < -0.4 is 5.32 Å². The highest BCUT2D eigenvalue weighted by Crippen LogP contribution is 2.14. The number of rotatable bonds is 5. The molecule has 1 saturated heterocycles. The number of carbonyl (C=O) groups excluding carboxylic acids is 3. The average molecular weight is 289 g/mol. The molecule has 0 unspecified atom stereocenters. The molecule has 6 nitrogen and oxygen atoms in total. The van der Waals surface area contributed by atoms with Crippen LogP contribution in [0.2, 0.25) is 0 Å². The topological polar surface area (TPSA) is 69.7 Å². The van der Waals surface area contributed by atoms with Gasteiger partial charge in [0.2, 0.25) is 11.8 Å². The van der Waals surface area contributed by atoms with Crippen LogP contribution in [-0.2, 0) is 9.59 Å². The fourth-order valence-electron chi connectivity index (χ4n) is 2.21. The summed E-state index contributed by atoms with van der Waals surface area (Å²) < 4.78 is 0. The number of aryl methyl sites for hydroxylation is 1. The molecule has 6 heteroatoms. The maximum Gasteiger partial charge on any atom is 0.326 e. The Bertz CT molecular complexity index is 571. The van der Waals surface area contributed by atoms with Gasteiger partial charge in [-0.25, -0.2) is 4.79 Å². The summed E-state index contributed by atoms with van der Waals surface area (Å²) in [6.45, 7) is 2.32. The zero-order chi connectivity index (χ0) is 15.4. The van der Waals surface area contributed by atoms with Crippen molar-refractivity contribution in [3.05, 3.63) is 29.8 Å². The van der Waals surface area contributed by atoms with Gasteiger partial charge in [-0.2, -0.15) is 0 Å². The first-order chi connectivity index (χ1) is 9.99. The number of amides is 4. The highest BCUT2D eigenvalue weighted by molar-refractivity contribution is 6.01. The highest BCUT2D eigenvalue weighted by Gasteiger charge is 2.32. The van der Waals surface area contributed by atoms with Gasteiger partial charge < -0.3 is 10.2 Å². The minimum Gasteiger partial charge on any atom is -0.326 e. The first-order valence-electron chi connectivity index (χ1n) is 6.90. The lowest BCUT2D eigenvalue weighted by molar-refractivity contribution is -0.125. The smallest absolute Gasteiger partial charge is 0.326 e. The number of anilines is 1. The van der Waals surface area contributed by atoms with Crippen molar-refractivity contribution in [1.82, 2.24) is 9.80 Å². The molecular formula is C15H19N3O3. The van der Waals surface area contributed by atoms with Crippen LogP contribution in [0, 0.1) is 6.92 Å². The summed E-state index contributed by atoms with van der Waals surface area (Å²) in [5.74, 6) is -0.321. The van der Waals surface area contributed by atoms with E-state index in [4.69, 9.17) is 0 Å². The Morgan fingerprint density at radius 2 is 2.00 bits per heavy atom. The number of nitrogens with one attached hydrogen (secondary N) is 1. The van der Waals surface area contributed by atoms with Gasteiger partial charge in [0.25, 0.3) is 0 Å². The Labute approximate surface area is 123 Å². The molecule has 0 atom stereocenters.